The molecule has 134 valence electrons. The van der Waals surface area contributed by atoms with Crippen LogP contribution in [0.2, 0.25) is 11.6 Å². The van der Waals surface area contributed by atoms with Gasteiger partial charge in [-0.3, -0.25) is 0 Å². The molecular formula is C19H34F2OSi. The molecule has 2 aliphatic carbocycles. The fourth-order valence-electron chi connectivity index (χ4n) is 4.19. The van der Waals surface area contributed by atoms with Gasteiger partial charge >= 0.3 is 0 Å². The zero-order valence-corrected chi connectivity index (χ0v) is 15.7. The molecule has 0 bridgehead atoms. The van der Waals surface area contributed by atoms with E-state index in [1.807, 2.05) is 0 Å². The third-order valence-corrected chi connectivity index (χ3v) is 7.73. The van der Waals surface area contributed by atoms with Gasteiger partial charge < -0.3 is 4.74 Å². The van der Waals surface area contributed by atoms with Crippen LogP contribution < -0.4 is 0 Å². The van der Waals surface area contributed by atoms with E-state index < -0.39 is 6.43 Å². The minimum Gasteiger partial charge on any atom is -0.372 e. The standard InChI is InChI=1S/C19H34F2OSi/c1-2-3-4-15-7-11-18(12-8-15)23-14-16-5-9-17(10-6-16)22-13-19(20)21/h15-19H,2-14H2,1H3. The van der Waals surface area contributed by atoms with Crippen molar-refractivity contribution in [2.75, 3.05) is 6.61 Å². The number of ether oxygens (including phenoxy) is 1. The molecule has 0 aromatic rings. The lowest BCUT2D eigenvalue weighted by Crippen LogP contribution is -2.25. The van der Waals surface area contributed by atoms with Gasteiger partial charge in [0, 0.05) is 9.52 Å². The predicted octanol–water partition coefficient (Wildman–Crippen LogP) is 6.12. The average molecular weight is 345 g/mol. The molecule has 1 nitrogen and oxygen atoms in total. The topological polar surface area (TPSA) is 9.23 Å². The van der Waals surface area contributed by atoms with Crippen LogP contribution in [-0.4, -0.2) is 28.7 Å². The fourth-order valence-corrected chi connectivity index (χ4v) is 6.01. The molecule has 0 heterocycles. The minimum atomic E-state index is -2.32. The Morgan fingerprint density at radius 3 is 2.22 bits per heavy atom. The van der Waals surface area contributed by atoms with Crippen LogP contribution >= 0.6 is 0 Å². The number of hydrogen-bond donors (Lipinski definition) is 0. The highest BCUT2D eigenvalue weighted by molar-refractivity contribution is 6.37. The van der Waals surface area contributed by atoms with Crippen molar-refractivity contribution in [1.29, 1.82) is 0 Å². The molecule has 0 unspecified atom stereocenters. The molecule has 0 N–H and O–H groups in total. The monoisotopic (exact) mass is 344 g/mol. The first-order valence-corrected chi connectivity index (χ1v) is 11.1. The van der Waals surface area contributed by atoms with Crippen LogP contribution in [0.3, 0.4) is 0 Å². The first-order valence-electron chi connectivity index (χ1n) is 9.80. The summed E-state index contributed by atoms with van der Waals surface area (Å²) in [4.78, 5) is 0. The van der Waals surface area contributed by atoms with E-state index in [0.29, 0.717) is 0 Å². The lowest BCUT2D eigenvalue weighted by Gasteiger charge is -2.31. The summed E-state index contributed by atoms with van der Waals surface area (Å²) >= 11 is 0. The average Bonchev–Trinajstić information content (AvgIpc) is 2.58. The molecule has 0 spiro atoms. The Bertz CT molecular complexity index is 298. The highest BCUT2D eigenvalue weighted by Gasteiger charge is 2.25. The Hall–Kier alpha value is 0.0369. The molecule has 2 aliphatic rings. The third kappa shape index (κ3) is 7.64. The second-order valence-corrected chi connectivity index (χ2v) is 9.27. The molecule has 2 rings (SSSR count). The second-order valence-electron chi connectivity index (χ2n) is 7.64. The van der Waals surface area contributed by atoms with Crippen LogP contribution in [0.1, 0.15) is 77.6 Å². The normalized spacial score (nSPS) is 32.3. The molecule has 2 saturated carbocycles. The second kappa shape index (κ2) is 10.8. The summed E-state index contributed by atoms with van der Waals surface area (Å²) in [5.74, 6) is 1.84. The zero-order valence-electron chi connectivity index (χ0n) is 14.7. The van der Waals surface area contributed by atoms with Crippen molar-refractivity contribution in [3.63, 3.8) is 0 Å². The van der Waals surface area contributed by atoms with E-state index in [1.165, 1.54) is 63.8 Å². The van der Waals surface area contributed by atoms with Crippen LogP contribution in [0.25, 0.3) is 0 Å². The lowest BCUT2D eigenvalue weighted by molar-refractivity contribution is -0.0407. The number of unbranched alkanes of at least 4 members (excludes halogenated alkanes) is 1. The molecule has 2 radical (unpaired) electrons. The van der Waals surface area contributed by atoms with E-state index in [0.717, 1.165) is 39.7 Å². The first kappa shape index (κ1) is 19.4. The lowest BCUT2D eigenvalue weighted by atomic mass is 9.85. The molecule has 0 aromatic carbocycles. The maximum absolute atomic E-state index is 12.2. The first-order chi connectivity index (χ1) is 11.2. The van der Waals surface area contributed by atoms with Gasteiger partial charge in [-0.05, 0) is 43.1 Å². The van der Waals surface area contributed by atoms with Crippen LogP contribution in [0, 0.1) is 11.8 Å². The molecule has 0 aromatic heterocycles. The van der Waals surface area contributed by atoms with E-state index in [1.54, 1.807) is 0 Å². The summed E-state index contributed by atoms with van der Waals surface area (Å²) in [6.07, 6.45) is 12.2. The molecule has 0 atom stereocenters. The number of hydrogen-bond acceptors (Lipinski definition) is 1. The highest BCUT2D eigenvalue weighted by Crippen LogP contribution is 2.37. The quantitative estimate of drug-likeness (QED) is 0.458. The molecule has 0 aliphatic heterocycles. The largest absolute Gasteiger partial charge is 0.372 e. The maximum atomic E-state index is 12.2. The molecule has 4 heteroatoms. The Morgan fingerprint density at radius 2 is 1.61 bits per heavy atom. The molecular weight excluding hydrogens is 310 g/mol. The van der Waals surface area contributed by atoms with Crippen molar-refractivity contribution in [3.05, 3.63) is 0 Å². The van der Waals surface area contributed by atoms with Gasteiger partial charge in [-0.1, -0.05) is 57.9 Å². The van der Waals surface area contributed by atoms with Crippen molar-refractivity contribution in [3.8, 4) is 0 Å². The summed E-state index contributed by atoms with van der Waals surface area (Å²) in [7, 11) is 1.13. The van der Waals surface area contributed by atoms with Gasteiger partial charge in [-0.2, -0.15) is 0 Å². The summed E-state index contributed by atoms with van der Waals surface area (Å²) < 4.78 is 29.6. The summed E-state index contributed by atoms with van der Waals surface area (Å²) in [5, 5.41) is 0. The number of halogens is 2. The van der Waals surface area contributed by atoms with Crippen molar-refractivity contribution < 1.29 is 13.5 Å². The third-order valence-electron chi connectivity index (χ3n) is 5.76. The minimum absolute atomic E-state index is 0.0950. The van der Waals surface area contributed by atoms with Gasteiger partial charge in [-0.15, -0.1) is 0 Å². The van der Waals surface area contributed by atoms with Crippen LogP contribution in [0.15, 0.2) is 0 Å². The van der Waals surface area contributed by atoms with E-state index in [2.05, 4.69) is 6.92 Å². The van der Waals surface area contributed by atoms with Crippen LogP contribution in [0.4, 0.5) is 8.78 Å². The highest BCUT2D eigenvalue weighted by atomic mass is 28.2. The van der Waals surface area contributed by atoms with Gasteiger partial charge in [0.05, 0.1) is 6.10 Å². The fraction of sp³-hybridized carbons (Fsp3) is 1.00. The molecule has 0 saturated heterocycles. The van der Waals surface area contributed by atoms with E-state index >= 15 is 0 Å². The van der Waals surface area contributed by atoms with Crippen molar-refractivity contribution in [2.45, 2.75) is 102 Å². The SMILES string of the molecule is CCCCC1CCC([Si]CC2CCC(OCC(F)F)CC2)CC1. The smallest absolute Gasteiger partial charge is 0.261 e. The van der Waals surface area contributed by atoms with Gasteiger partial charge in [0.15, 0.2) is 0 Å². The number of alkyl halides is 2. The summed E-state index contributed by atoms with van der Waals surface area (Å²) in [6.45, 7) is 1.92. The predicted molar refractivity (Wildman–Crippen MR) is 93.5 cm³/mol. The Morgan fingerprint density at radius 1 is 0.957 bits per heavy atom. The zero-order chi connectivity index (χ0) is 16.5. The van der Waals surface area contributed by atoms with Crippen molar-refractivity contribution in [1.82, 2.24) is 0 Å². The maximum Gasteiger partial charge on any atom is 0.261 e. The number of rotatable bonds is 9. The van der Waals surface area contributed by atoms with E-state index in [9.17, 15) is 8.78 Å². The van der Waals surface area contributed by atoms with Crippen molar-refractivity contribution in [2.24, 2.45) is 11.8 Å². The summed E-state index contributed by atoms with van der Waals surface area (Å²) in [6, 6.07) is 1.38. The van der Waals surface area contributed by atoms with Gasteiger partial charge in [-0.25, -0.2) is 8.78 Å². The van der Waals surface area contributed by atoms with E-state index in [-0.39, 0.29) is 12.7 Å². The van der Waals surface area contributed by atoms with Crippen LogP contribution in [0.5, 0.6) is 0 Å². The summed E-state index contributed by atoms with van der Waals surface area (Å²) in [5.41, 5.74) is 0.987. The van der Waals surface area contributed by atoms with E-state index in [4.69, 9.17) is 4.74 Å². The van der Waals surface area contributed by atoms with Gasteiger partial charge in [0.1, 0.15) is 6.61 Å². The molecule has 2 fully saturated rings. The molecule has 0 amide bonds. The Kier molecular flexibility index (Phi) is 9.10. The van der Waals surface area contributed by atoms with Crippen molar-refractivity contribution >= 4 is 9.52 Å². The Labute approximate surface area is 143 Å². The molecule has 23 heavy (non-hydrogen) atoms. The van der Waals surface area contributed by atoms with Gasteiger partial charge in [0.25, 0.3) is 6.43 Å². The van der Waals surface area contributed by atoms with Crippen LogP contribution in [-0.2, 0) is 4.74 Å². The Balaban J connectivity index is 1.52. The van der Waals surface area contributed by atoms with Gasteiger partial charge in [0.2, 0.25) is 0 Å².